The second-order valence-corrected chi connectivity index (χ2v) is 17.4. The molecule has 0 nitrogen and oxygen atoms in total. The van der Waals surface area contributed by atoms with Crippen molar-refractivity contribution in [1.29, 1.82) is 0 Å². The maximum Gasteiger partial charge on any atom is -0.0287 e. The standard InChI is InChI=1S/C32H52.C4H10.2C2H6/c1-6-24-19(5)8-27-29(24)28-9-26(25(7-2)30(27)28)23-16-32(17-23)14-22(15-32)21-12-31(13-21)10-20(11-31)18(3)4;1-4(2)3;2*1-2/h18-30H,6-17H2,1-5H3;4H,1-3H3;2*1-2H3. The zero-order chi connectivity index (χ0) is 29.6. The molecule has 7 aliphatic carbocycles. The second kappa shape index (κ2) is 12.9. The van der Waals surface area contributed by atoms with Gasteiger partial charge in [0.2, 0.25) is 0 Å². The summed E-state index contributed by atoms with van der Waals surface area (Å²) in [6.45, 7) is 27.0. The smallest absolute Gasteiger partial charge is 0.0287 e. The van der Waals surface area contributed by atoms with E-state index in [1.54, 1.807) is 64.2 Å². The van der Waals surface area contributed by atoms with E-state index in [9.17, 15) is 0 Å². The minimum atomic E-state index is 0.833. The quantitative estimate of drug-likeness (QED) is 0.317. The highest BCUT2D eigenvalue weighted by molar-refractivity contribution is 5.16. The van der Waals surface area contributed by atoms with E-state index in [2.05, 4.69) is 55.4 Å². The molecule has 0 aromatic rings. The predicted octanol–water partition coefficient (Wildman–Crippen LogP) is 12.6. The normalized spacial score (nSPS) is 50.9. The van der Waals surface area contributed by atoms with Crippen LogP contribution in [0.25, 0.3) is 0 Å². The number of hydrogen-bond donors (Lipinski definition) is 0. The van der Waals surface area contributed by atoms with Gasteiger partial charge in [0.05, 0.1) is 0 Å². The predicted molar refractivity (Wildman–Crippen MR) is 177 cm³/mol. The lowest BCUT2D eigenvalue weighted by Gasteiger charge is -2.67. The van der Waals surface area contributed by atoms with Crippen LogP contribution in [0.2, 0.25) is 0 Å². The average molecular weight is 555 g/mol. The number of fused-ring (bicyclic) bond motifs is 4. The van der Waals surface area contributed by atoms with Gasteiger partial charge >= 0.3 is 0 Å². The van der Waals surface area contributed by atoms with E-state index in [0.717, 1.165) is 93.7 Å². The first-order valence-corrected chi connectivity index (χ1v) is 19.1. The van der Waals surface area contributed by atoms with Gasteiger partial charge in [-0.05, 0) is 158 Å². The van der Waals surface area contributed by atoms with Crippen LogP contribution in [-0.2, 0) is 0 Å². The first-order valence-electron chi connectivity index (χ1n) is 19.1. The zero-order valence-electron chi connectivity index (χ0n) is 29.6. The van der Waals surface area contributed by atoms with Crippen LogP contribution >= 0.6 is 0 Å². The number of hydrogen-bond acceptors (Lipinski definition) is 0. The van der Waals surface area contributed by atoms with Crippen molar-refractivity contribution in [3.8, 4) is 0 Å². The largest absolute Gasteiger partial charge is 0.0683 e. The molecule has 0 aromatic heterocycles. The summed E-state index contributed by atoms with van der Waals surface area (Å²) in [5.74, 6) is 15.2. The third kappa shape index (κ3) is 5.64. The van der Waals surface area contributed by atoms with Gasteiger partial charge in [-0.2, -0.15) is 0 Å². The lowest BCUT2D eigenvalue weighted by molar-refractivity contribution is -0.165. The van der Waals surface area contributed by atoms with Gasteiger partial charge in [-0.1, -0.05) is 95.9 Å². The van der Waals surface area contributed by atoms with Crippen molar-refractivity contribution in [2.75, 3.05) is 0 Å². The maximum atomic E-state index is 2.58. The van der Waals surface area contributed by atoms with Crippen LogP contribution in [0.5, 0.6) is 0 Å². The van der Waals surface area contributed by atoms with E-state index in [1.165, 1.54) is 12.8 Å². The fourth-order valence-electron chi connectivity index (χ4n) is 12.8. The summed E-state index contributed by atoms with van der Waals surface area (Å²) in [5.41, 5.74) is 1.71. The highest BCUT2D eigenvalue weighted by Crippen LogP contribution is 2.75. The molecule has 0 aromatic carbocycles. The monoisotopic (exact) mass is 555 g/mol. The molecule has 0 saturated heterocycles. The molecule has 234 valence electrons. The van der Waals surface area contributed by atoms with Crippen molar-refractivity contribution < 1.29 is 0 Å². The molecule has 8 unspecified atom stereocenters. The van der Waals surface area contributed by atoms with E-state index in [0.29, 0.717) is 0 Å². The summed E-state index contributed by atoms with van der Waals surface area (Å²) < 4.78 is 0. The molecule has 7 rings (SSSR count). The summed E-state index contributed by atoms with van der Waals surface area (Å²) in [6.07, 6.45) is 19.2. The summed E-state index contributed by atoms with van der Waals surface area (Å²) in [7, 11) is 0. The van der Waals surface area contributed by atoms with E-state index < -0.39 is 0 Å². The van der Waals surface area contributed by atoms with Crippen LogP contribution in [0.3, 0.4) is 0 Å². The average Bonchev–Trinajstić information content (AvgIpc) is 3.29. The third-order valence-corrected chi connectivity index (χ3v) is 14.2. The molecule has 0 bridgehead atoms. The molecule has 2 spiro atoms. The minimum Gasteiger partial charge on any atom is -0.0683 e. The number of rotatable bonds is 5. The summed E-state index contributed by atoms with van der Waals surface area (Å²) in [6, 6.07) is 0. The van der Waals surface area contributed by atoms with Gasteiger partial charge in [0.15, 0.2) is 0 Å². The van der Waals surface area contributed by atoms with Crippen molar-refractivity contribution in [3.63, 3.8) is 0 Å². The Labute approximate surface area is 253 Å². The lowest BCUT2D eigenvalue weighted by Crippen LogP contribution is -2.57. The van der Waals surface area contributed by atoms with E-state index in [1.807, 2.05) is 27.7 Å². The molecule has 8 atom stereocenters. The molecule has 0 aliphatic heterocycles. The first-order chi connectivity index (χ1) is 19.1. The van der Waals surface area contributed by atoms with E-state index >= 15 is 0 Å². The van der Waals surface area contributed by atoms with Gasteiger partial charge in [0, 0.05) is 0 Å². The first kappa shape index (κ1) is 32.9. The van der Waals surface area contributed by atoms with Gasteiger partial charge < -0.3 is 0 Å². The molecule has 0 amide bonds. The van der Waals surface area contributed by atoms with Crippen LogP contribution in [0, 0.1) is 93.7 Å². The van der Waals surface area contributed by atoms with Crippen molar-refractivity contribution in [2.45, 2.75) is 160 Å². The Morgan fingerprint density at radius 3 is 1.40 bits per heavy atom. The van der Waals surface area contributed by atoms with Crippen LogP contribution in [-0.4, -0.2) is 0 Å². The van der Waals surface area contributed by atoms with Gasteiger partial charge in [-0.3, -0.25) is 0 Å². The zero-order valence-corrected chi connectivity index (χ0v) is 29.6. The third-order valence-electron chi connectivity index (χ3n) is 14.2. The molecule has 40 heavy (non-hydrogen) atoms. The Morgan fingerprint density at radius 1 is 0.550 bits per heavy atom. The van der Waals surface area contributed by atoms with Gasteiger partial charge in [-0.25, -0.2) is 0 Å². The molecule has 7 saturated carbocycles. The lowest BCUT2D eigenvalue weighted by atomic mass is 9.38. The van der Waals surface area contributed by atoms with Crippen molar-refractivity contribution in [1.82, 2.24) is 0 Å². The van der Waals surface area contributed by atoms with Crippen molar-refractivity contribution in [2.24, 2.45) is 93.7 Å². The molecule has 0 N–H and O–H groups in total. The molecule has 0 heteroatoms. The van der Waals surface area contributed by atoms with Crippen LogP contribution < -0.4 is 0 Å². The van der Waals surface area contributed by atoms with E-state index in [4.69, 9.17) is 0 Å². The molecular weight excluding hydrogens is 480 g/mol. The minimum absolute atomic E-state index is 0.833. The molecule has 7 fully saturated rings. The fourth-order valence-corrected chi connectivity index (χ4v) is 12.8. The van der Waals surface area contributed by atoms with Gasteiger partial charge in [-0.15, -0.1) is 0 Å². The summed E-state index contributed by atoms with van der Waals surface area (Å²) >= 11 is 0. The van der Waals surface area contributed by atoms with Gasteiger partial charge in [0.25, 0.3) is 0 Å². The Morgan fingerprint density at radius 2 is 0.950 bits per heavy atom. The van der Waals surface area contributed by atoms with E-state index in [-0.39, 0.29) is 0 Å². The second-order valence-electron chi connectivity index (χ2n) is 17.4. The molecular formula is C40H74. The van der Waals surface area contributed by atoms with Crippen molar-refractivity contribution in [3.05, 3.63) is 0 Å². The fraction of sp³-hybridized carbons (Fsp3) is 1.00. The highest BCUT2D eigenvalue weighted by atomic mass is 14.7. The molecule has 0 heterocycles. The molecule has 7 aliphatic rings. The maximum absolute atomic E-state index is 2.58. The Balaban J connectivity index is 0.000000420. The van der Waals surface area contributed by atoms with Crippen LogP contribution in [0.15, 0.2) is 0 Å². The van der Waals surface area contributed by atoms with Crippen LogP contribution in [0.4, 0.5) is 0 Å². The van der Waals surface area contributed by atoms with Crippen molar-refractivity contribution >= 4 is 0 Å². The summed E-state index contributed by atoms with van der Waals surface area (Å²) in [4.78, 5) is 0. The summed E-state index contributed by atoms with van der Waals surface area (Å²) in [5, 5.41) is 0. The Hall–Kier alpha value is 0. The Kier molecular flexibility index (Phi) is 10.6. The van der Waals surface area contributed by atoms with Crippen LogP contribution in [0.1, 0.15) is 160 Å². The SMILES string of the molecule is CC.CC.CC(C)C.CCC1C(C)CC2C1C1CC(C3CC4(CC(C5CC6(CC(C(C)C)C6)C5)C4)C3)C(CC)C21. The highest BCUT2D eigenvalue weighted by Gasteiger charge is 2.67. The topological polar surface area (TPSA) is 0 Å². The molecule has 0 radical (unpaired) electrons. The Bertz CT molecular complexity index is 759. The van der Waals surface area contributed by atoms with Gasteiger partial charge in [0.1, 0.15) is 0 Å².